The lowest BCUT2D eigenvalue weighted by Crippen LogP contribution is -2.37. The molecule has 7 nitrogen and oxygen atoms in total. The van der Waals surface area contributed by atoms with Gasteiger partial charge in [-0.2, -0.15) is 4.98 Å². The average molecular weight is 356 g/mol. The van der Waals surface area contributed by atoms with E-state index in [4.69, 9.17) is 11.6 Å². The fraction of sp³-hybridized carbons (Fsp3) is 0.176. The normalized spacial score (nSPS) is 11.5. The third kappa shape index (κ3) is 2.27. The Morgan fingerprint density at radius 3 is 2.64 bits per heavy atom. The number of halogens is 1. The third-order valence-electron chi connectivity index (χ3n) is 4.35. The monoisotopic (exact) mass is 355 g/mol. The van der Waals surface area contributed by atoms with Gasteiger partial charge in [-0.25, -0.2) is 4.79 Å². The molecule has 0 atom stereocenters. The van der Waals surface area contributed by atoms with E-state index in [9.17, 15) is 9.59 Å². The maximum Gasteiger partial charge on any atom is 0.332 e. The number of aryl methyl sites for hydroxylation is 1. The average Bonchev–Trinajstić information content (AvgIpc) is 2.95. The Labute approximate surface area is 146 Å². The first-order valence-electron chi connectivity index (χ1n) is 7.63. The van der Waals surface area contributed by atoms with E-state index in [1.54, 1.807) is 17.8 Å². The molecule has 0 spiro atoms. The fourth-order valence-electron chi connectivity index (χ4n) is 3.03. The largest absolute Gasteiger partial charge is 0.332 e. The number of rotatable bonds is 2. The van der Waals surface area contributed by atoms with Gasteiger partial charge in [0.25, 0.3) is 5.56 Å². The molecule has 0 N–H and O–H groups in total. The highest BCUT2D eigenvalue weighted by atomic mass is 35.5. The molecule has 4 rings (SSSR count). The Balaban J connectivity index is 2.00. The Morgan fingerprint density at radius 2 is 1.84 bits per heavy atom. The second-order valence-electron chi connectivity index (χ2n) is 5.84. The molecule has 0 saturated carbocycles. The highest BCUT2D eigenvalue weighted by molar-refractivity contribution is 6.29. The van der Waals surface area contributed by atoms with Crippen molar-refractivity contribution in [1.82, 2.24) is 23.7 Å². The molecule has 0 amide bonds. The minimum atomic E-state index is -0.439. The van der Waals surface area contributed by atoms with E-state index in [-0.39, 0.29) is 10.9 Å². The van der Waals surface area contributed by atoms with Crippen molar-refractivity contribution in [1.29, 1.82) is 0 Å². The van der Waals surface area contributed by atoms with E-state index in [2.05, 4.69) is 9.97 Å². The van der Waals surface area contributed by atoms with Crippen LogP contribution in [0.2, 0.25) is 5.28 Å². The summed E-state index contributed by atoms with van der Waals surface area (Å²) < 4.78 is 3.99. The van der Waals surface area contributed by atoms with Crippen LogP contribution in [0.3, 0.4) is 0 Å². The van der Waals surface area contributed by atoms with Gasteiger partial charge in [0.05, 0.1) is 12.1 Å². The second kappa shape index (κ2) is 5.56. The lowest BCUT2D eigenvalue weighted by Gasteiger charge is -2.09. The molecule has 0 aliphatic rings. The van der Waals surface area contributed by atoms with Crippen molar-refractivity contribution < 1.29 is 0 Å². The molecule has 8 heteroatoms. The molecule has 126 valence electrons. The zero-order valence-corrected chi connectivity index (χ0v) is 14.4. The molecule has 3 aromatic heterocycles. The summed E-state index contributed by atoms with van der Waals surface area (Å²) in [5, 5.41) is 1.15. The summed E-state index contributed by atoms with van der Waals surface area (Å²) in [7, 11) is 3.01. The number of fused-ring (bicyclic) bond motifs is 2. The molecule has 4 aromatic rings. The summed E-state index contributed by atoms with van der Waals surface area (Å²) in [5.74, 6) is 0. The first kappa shape index (κ1) is 15.6. The van der Waals surface area contributed by atoms with Gasteiger partial charge in [0.15, 0.2) is 11.2 Å². The van der Waals surface area contributed by atoms with Crippen LogP contribution in [-0.4, -0.2) is 23.7 Å². The molecular formula is C17H14ClN5O2. The number of nitrogens with zero attached hydrogens (tertiary/aromatic N) is 5. The van der Waals surface area contributed by atoms with E-state index in [0.29, 0.717) is 12.1 Å². The summed E-state index contributed by atoms with van der Waals surface area (Å²) in [4.78, 5) is 33.3. The predicted molar refractivity (Wildman–Crippen MR) is 96.1 cm³/mol. The first-order chi connectivity index (χ1) is 12.0. The number of para-hydroxylation sites is 1. The lowest BCUT2D eigenvalue weighted by atomic mass is 10.1. The Bertz CT molecular complexity index is 1250. The van der Waals surface area contributed by atoms with Gasteiger partial charge in [0.2, 0.25) is 5.28 Å². The van der Waals surface area contributed by atoms with Gasteiger partial charge in [-0.3, -0.25) is 18.9 Å². The van der Waals surface area contributed by atoms with Crippen LogP contribution in [-0.2, 0) is 20.6 Å². The first-order valence-corrected chi connectivity index (χ1v) is 8.01. The molecule has 0 fully saturated rings. The zero-order chi connectivity index (χ0) is 17.7. The van der Waals surface area contributed by atoms with Gasteiger partial charge in [-0.15, -0.1) is 0 Å². The van der Waals surface area contributed by atoms with Crippen LogP contribution < -0.4 is 11.2 Å². The van der Waals surface area contributed by atoms with Gasteiger partial charge in [0, 0.05) is 25.7 Å². The van der Waals surface area contributed by atoms with Crippen LogP contribution >= 0.6 is 11.6 Å². The topological polar surface area (TPSA) is 74.7 Å². The zero-order valence-electron chi connectivity index (χ0n) is 13.6. The standard InChI is InChI=1S/C17H14ClN5O2/c1-21-14-13(15(24)22(2)17(21)25)23(16(18)20-14)9-11-6-3-5-10-7-4-8-19-12(10)11/h3-8H,9H2,1-2H3. The Morgan fingerprint density at radius 1 is 1.08 bits per heavy atom. The quantitative estimate of drug-likeness (QED) is 0.513. The van der Waals surface area contributed by atoms with E-state index in [1.165, 1.54) is 11.6 Å². The van der Waals surface area contributed by atoms with Gasteiger partial charge < -0.3 is 4.57 Å². The molecular weight excluding hydrogens is 342 g/mol. The number of pyridine rings is 1. The highest BCUT2D eigenvalue weighted by Gasteiger charge is 2.18. The molecule has 3 heterocycles. The van der Waals surface area contributed by atoms with Gasteiger partial charge in [-0.1, -0.05) is 24.3 Å². The third-order valence-corrected chi connectivity index (χ3v) is 4.63. The van der Waals surface area contributed by atoms with Crippen molar-refractivity contribution in [3.05, 3.63) is 68.2 Å². The number of imidazole rings is 1. The maximum atomic E-state index is 12.6. The van der Waals surface area contributed by atoms with Crippen molar-refractivity contribution in [3.63, 3.8) is 0 Å². The molecule has 0 bridgehead atoms. The summed E-state index contributed by atoms with van der Waals surface area (Å²) in [6.45, 7) is 0.330. The van der Waals surface area contributed by atoms with Gasteiger partial charge in [-0.05, 0) is 23.2 Å². The fourth-order valence-corrected chi connectivity index (χ4v) is 3.25. The van der Waals surface area contributed by atoms with Crippen LogP contribution in [0.4, 0.5) is 0 Å². The van der Waals surface area contributed by atoms with Crippen molar-refractivity contribution in [2.75, 3.05) is 0 Å². The summed E-state index contributed by atoms with van der Waals surface area (Å²) in [6.07, 6.45) is 1.72. The number of aromatic nitrogens is 5. The van der Waals surface area contributed by atoms with Crippen molar-refractivity contribution >= 4 is 33.7 Å². The van der Waals surface area contributed by atoms with Gasteiger partial charge in [0.1, 0.15) is 0 Å². The number of hydrogen-bond donors (Lipinski definition) is 0. The van der Waals surface area contributed by atoms with E-state index < -0.39 is 11.2 Å². The van der Waals surface area contributed by atoms with Crippen LogP contribution in [0, 0.1) is 0 Å². The van der Waals surface area contributed by atoms with Crippen LogP contribution in [0.5, 0.6) is 0 Å². The molecule has 0 aliphatic heterocycles. The number of benzene rings is 1. The summed E-state index contributed by atoms with van der Waals surface area (Å²) >= 11 is 6.29. The van der Waals surface area contributed by atoms with Crippen LogP contribution in [0.25, 0.3) is 22.1 Å². The summed E-state index contributed by atoms with van der Waals surface area (Å²) in [6, 6.07) is 9.69. The molecule has 0 radical (unpaired) electrons. The summed E-state index contributed by atoms with van der Waals surface area (Å²) in [5.41, 5.74) is 1.45. The van der Waals surface area contributed by atoms with E-state index >= 15 is 0 Å². The van der Waals surface area contributed by atoms with E-state index in [1.807, 2.05) is 30.3 Å². The van der Waals surface area contributed by atoms with Crippen LogP contribution in [0.15, 0.2) is 46.1 Å². The smallest absolute Gasteiger partial charge is 0.304 e. The SMILES string of the molecule is Cn1c(=O)c2c(nc(Cl)n2Cc2cccc3cccnc23)n(C)c1=O. The minimum absolute atomic E-state index is 0.154. The van der Waals surface area contributed by atoms with Crippen molar-refractivity contribution in [3.8, 4) is 0 Å². The molecule has 0 unspecified atom stereocenters. The lowest BCUT2D eigenvalue weighted by molar-refractivity contribution is 0.702. The minimum Gasteiger partial charge on any atom is -0.304 e. The highest BCUT2D eigenvalue weighted by Crippen LogP contribution is 2.21. The molecule has 1 aromatic carbocycles. The number of hydrogen-bond acceptors (Lipinski definition) is 4. The molecule has 0 aliphatic carbocycles. The molecule has 25 heavy (non-hydrogen) atoms. The van der Waals surface area contributed by atoms with Crippen LogP contribution in [0.1, 0.15) is 5.56 Å². The van der Waals surface area contributed by atoms with Gasteiger partial charge >= 0.3 is 5.69 Å². The Kier molecular flexibility index (Phi) is 3.47. The maximum absolute atomic E-state index is 12.6. The Hall–Kier alpha value is -2.93. The molecule has 0 saturated heterocycles. The van der Waals surface area contributed by atoms with Crippen molar-refractivity contribution in [2.24, 2.45) is 14.1 Å². The predicted octanol–water partition coefficient (Wildman–Crippen LogP) is 1.68. The van der Waals surface area contributed by atoms with Crippen molar-refractivity contribution in [2.45, 2.75) is 6.54 Å². The van der Waals surface area contributed by atoms with E-state index in [0.717, 1.165) is 21.0 Å². The second-order valence-corrected chi connectivity index (χ2v) is 6.18.